The second-order valence-corrected chi connectivity index (χ2v) is 14.2. The zero-order chi connectivity index (χ0) is 30.2. The Bertz CT molecular complexity index is 1910. The predicted octanol–water partition coefficient (Wildman–Crippen LogP) is 2.28. The monoisotopic (exact) mass is 588 g/mol. The number of benzene rings is 1. The molecule has 0 atom stereocenters. The minimum absolute atomic E-state index is 0.0243. The van der Waals surface area contributed by atoms with Gasteiger partial charge in [-0.15, -0.1) is 0 Å². The molecule has 0 fully saturated rings. The Morgan fingerprint density at radius 3 is 2.20 bits per heavy atom. The zero-order valence-corrected chi connectivity index (χ0v) is 25.0. The second kappa shape index (κ2) is 10.9. The number of hydrogen-bond acceptors (Lipinski definition) is 8. The van der Waals surface area contributed by atoms with Crippen molar-refractivity contribution >= 4 is 32.7 Å². The zero-order valence-electron chi connectivity index (χ0n) is 23.4. The number of nitrogens with one attached hydrogen (secondary N) is 1. The van der Waals surface area contributed by atoms with Gasteiger partial charge in [-0.05, 0) is 59.5 Å². The maximum atomic E-state index is 12.9. The van der Waals surface area contributed by atoms with Gasteiger partial charge in [0.1, 0.15) is 11.5 Å². The molecule has 2 aromatic heterocycles. The van der Waals surface area contributed by atoms with Crippen LogP contribution in [0, 0.1) is 0 Å². The largest absolute Gasteiger partial charge is 0.496 e. The van der Waals surface area contributed by atoms with Crippen molar-refractivity contribution < 1.29 is 26.0 Å². The topological polar surface area (TPSA) is 144 Å². The van der Waals surface area contributed by atoms with Crippen molar-refractivity contribution in [2.45, 2.75) is 33.1 Å². The fraction of sp³-hybridized carbons (Fsp3) is 0.286. The van der Waals surface area contributed by atoms with Crippen molar-refractivity contribution in [2.75, 3.05) is 19.6 Å². The lowest BCUT2D eigenvalue weighted by atomic mass is 9.83. The molecule has 0 bridgehead atoms. The average molecular weight is 589 g/mol. The lowest BCUT2D eigenvalue weighted by Crippen LogP contribution is -2.37. The van der Waals surface area contributed by atoms with E-state index in [0.717, 1.165) is 18.1 Å². The van der Waals surface area contributed by atoms with Gasteiger partial charge in [0.25, 0.3) is 5.56 Å². The van der Waals surface area contributed by atoms with E-state index in [9.17, 15) is 26.4 Å². The summed E-state index contributed by atoms with van der Waals surface area (Å²) >= 11 is 0. The van der Waals surface area contributed by atoms with E-state index in [0.29, 0.717) is 26.2 Å². The van der Waals surface area contributed by atoms with Crippen molar-refractivity contribution in [2.24, 2.45) is 0 Å². The van der Waals surface area contributed by atoms with Gasteiger partial charge in [0.2, 0.25) is 20.0 Å². The summed E-state index contributed by atoms with van der Waals surface area (Å²) < 4.78 is 60.2. The Morgan fingerprint density at radius 2 is 1.68 bits per heavy atom. The number of sulfonamides is 2. The van der Waals surface area contributed by atoms with Crippen LogP contribution in [0.4, 0.5) is 0 Å². The molecule has 1 N–H and O–H groups in total. The molecule has 0 unspecified atom stereocenters. The number of ether oxygens (including phenoxy) is 1. The van der Waals surface area contributed by atoms with Crippen molar-refractivity contribution in [1.29, 1.82) is 0 Å². The number of pyridine rings is 1. The van der Waals surface area contributed by atoms with Crippen molar-refractivity contribution in [3.63, 3.8) is 0 Å². The maximum absolute atomic E-state index is 12.9. The number of H-pyrrole nitrogens is 1. The average Bonchev–Trinajstić information content (AvgIpc) is 2.82. The smallest absolute Gasteiger partial charge is 0.343 e. The van der Waals surface area contributed by atoms with E-state index >= 15 is 0 Å². The van der Waals surface area contributed by atoms with E-state index < -0.39 is 31.1 Å². The molecule has 0 amide bonds. The molecule has 0 saturated carbocycles. The third-order valence-electron chi connectivity index (χ3n) is 5.97. The first-order valence-electron chi connectivity index (χ1n) is 12.0. The van der Waals surface area contributed by atoms with E-state index in [1.165, 1.54) is 38.4 Å². The molecule has 1 aromatic carbocycles. The molecule has 214 valence electrons. The summed E-state index contributed by atoms with van der Waals surface area (Å²) in [5, 5.41) is 0.235. The van der Waals surface area contributed by atoms with Gasteiger partial charge in [0.15, 0.2) is 0 Å². The van der Waals surface area contributed by atoms with E-state index in [2.05, 4.69) is 11.6 Å². The summed E-state index contributed by atoms with van der Waals surface area (Å²) in [4.78, 5) is 28.1. The molecule has 0 spiro atoms. The van der Waals surface area contributed by atoms with Crippen LogP contribution in [0.15, 0.2) is 62.3 Å². The molecule has 0 radical (unpaired) electrons. The predicted molar refractivity (Wildman–Crippen MR) is 156 cm³/mol. The molecular formula is C28H32N2O8S2. The molecule has 0 saturated heterocycles. The highest BCUT2D eigenvalue weighted by Gasteiger charge is 2.27. The van der Waals surface area contributed by atoms with Gasteiger partial charge in [-0.1, -0.05) is 33.4 Å². The first-order valence-corrected chi connectivity index (χ1v) is 15.7. The highest BCUT2D eigenvalue weighted by Crippen LogP contribution is 2.41. The summed E-state index contributed by atoms with van der Waals surface area (Å²) in [5.74, 6) is 0.538. The number of hydrogen-bond donors (Lipinski definition) is 1. The lowest BCUT2D eigenvalue weighted by molar-refractivity contribution is 0.397. The van der Waals surface area contributed by atoms with Crippen LogP contribution >= 0.6 is 0 Å². The van der Waals surface area contributed by atoms with Crippen molar-refractivity contribution in [3.8, 4) is 28.2 Å². The normalized spacial score (nSPS) is 13.4. The molecule has 0 aliphatic rings. The molecular weight excluding hydrogens is 556 g/mol. The molecule has 10 nitrogen and oxygen atoms in total. The van der Waals surface area contributed by atoms with E-state index in [4.69, 9.17) is 9.15 Å². The molecule has 3 rings (SSSR count). The van der Waals surface area contributed by atoms with Gasteiger partial charge in [-0.3, -0.25) is 4.79 Å². The molecule has 40 heavy (non-hydrogen) atoms. The second-order valence-electron chi connectivity index (χ2n) is 10.3. The highest BCUT2D eigenvalue weighted by atomic mass is 32.3. The van der Waals surface area contributed by atoms with Gasteiger partial charge < -0.3 is 14.1 Å². The Labute approximate surface area is 233 Å². The number of aromatic amines is 1. The SMILES string of the molecule is C=c1c(=O)oc(-c2cc(-c3ccc[nH]c3=O)cc(C(C)(C)C)c2OC)c/c1=C/C=C(\C)N(S(C)(=O)=O)S(C)(=O)=O. The van der Waals surface area contributed by atoms with Crippen LogP contribution in [0.1, 0.15) is 33.3 Å². The van der Waals surface area contributed by atoms with Gasteiger partial charge in [-0.2, -0.15) is 3.71 Å². The molecule has 3 aromatic rings. The first kappa shape index (κ1) is 30.6. The number of rotatable bonds is 7. The van der Waals surface area contributed by atoms with Gasteiger partial charge in [-0.25, -0.2) is 21.6 Å². The molecule has 0 aliphatic heterocycles. The van der Waals surface area contributed by atoms with Crippen LogP contribution in [0.25, 0.3) is 35.1 Å². The summed E-state index contributed by atoms with van der Waals surface area (Å²) in [6.45, 7) is 11.0. The van der Waals surface area contributed by atoms with Gasteiger partial charge in [0, 0.05) is 23.0 Å². The van der Waals surface area contributed by atoms with Gasteiger partial charge >= 0.3 is 5.63 Å². The molecule has 12 heteroatoms. The van der Waals surface area contributed by atoms with Crippen molar-refractivity contribution in [1.82, 2.24) is 8.69 Å². The lowest BCUT2D eigenvalue weighted by Gasteiger charge is -2.25. The first-order chi connectivity index (χ1) is 18.4. The number of methoxy groups -OCH3 is 1. The fourth-order valence-corrected chi connectivity index (χ4v) is 7.39. The molecule has 0 aliphatic carbocycles. The highest BCUT2D eigenvalue weighted by molar-refractivity contribution is 8.03. The number of aromatic nitrogens is 1. The van der Waals surface area contributed by atoms with Crippen LogP contribution in [0.2, 0.25) is 0 Å². The van der Waals surface area contributed by atoms with Crippen molar-refractivity contribution in [3.05, 3.63) is 85.1 Å². The van der Waals surface area contributed by atoms with E-state index in [1.54, 1.807) is 18.2 Å². The fourth-order valence-electron chi connectivity index (χ4n) is 4.25. The summed E-state index contributed by atoms with van der Waals surface area (Å²) in [5.41, 5.74) is 0.517. The maximum Gasteiger partial charge on any atom is 0.343 e. The van der Waals surface area contributed by atoms with Gasteiger partial charge in [0.05, 0.1) is 30.4 Å². The Hall–Kier alpha value is -3.90. The summed E-state index contributed by atoms with van der Waals surface area (Å²) in [6.07, 6.45) is 5.71. The minimum Gasteiger partial charge on any atom is -0.496 e. The third kappa shape index (κ3) is 6.45. The summed E-state index contributed by atoms with van der Waals surface area (Å²) in [6, 6.07) is 8.42. The number of nitrogens with zero attached hydrogens (tertiary/aromatic N) is 1. The van der Waals surface area contributed by atoms with Crippen LogP contribution in [0.5, 0.6) is 5.75 Å². The van der Waals surface area contributed by atoms with Crippen LogP contribution < -0.4 is 26.4 Å². The Kier molecular flexibility index (Phi) is 8.37. The Balaban J connectivity index is 2.38. The van der Waals surface area contributed by atoms with E-state index in [-0.39, 0.29) is 27.5 Å². The summed E-state index contributed by atoms with van der Waals surface area (Å²) in [7, 11) is -6.80. The standard InChI is InChI=1S/C28H32N2O8S2/c1-17(30(39(7,33)34)40(8,35)36)11-12-19-16-24(38-27(32)18(19)2)22-14-20(21-10-9-13-29-26(21)31)15-23(25(22)37-6)28(3,4)5/h9-16H,2H2,1,3-8H3,(H,29,31)/b17-11+,19-12-. The Morgan fingerprint density at radius 1 is 1.05 bits per heavy atom. The van der Waals surface area contributed by atoms with Crippen LogP contribution in [-0.2, 0) is 25.5 Å². The van der Waals surface area contributed by atoms with Crippen LogP contribution in [0.3, 0.4) is 0 Å². The minimum atomic E-state index is -4.14. The molecule has 2 heterocycles. The number of allylic oxidation sites excluding steroid dienone is 2. The quantitative estimate of drug-likeness (QED) is 0.443. The third-order valence-corrected chi connectivity index (χ3v) is 9.38. The van der Waals surface area contributed by atoms with E-state index in [1.807, 2.05) is 26.8 Å². The van der Waals surface area contributed by atoms with Crippen LogP contribution in [-0.4, -0.2) is 45.2 Å².